The molecule has 0 saturated carbocycles. The lowest BCUT2D eigenvalue weighted by molar-refractivity contribution is 0.108. The maximum Gasteiger partial charge on any atom is 0.319 e. The second-order valence-corrected chi connectivity index (χ2v) is 12.6. The van der Waals surface area contributed by atoms with E-state index in [0.717, 1.165) is 75.9 Å². The molecule has 3 saturated heterocycles. The lowest BCUT2D eigenvalue weighted by atomic mass is 9.93. The first kappa shape index (κ1) is 32.0. The van der Waals surface area contributed by atoms with Crippen molar-refractivity contribution in [3.05, 3.63) is 53.2 Å². The van der Waals surface area contributed by atoms with Crippen molar-refractivity contribution < 1.29 is 19.6 Å². The van der Waals surface area contributed by atoms with Crippen LogP contribution < -0.4 is 15.0 Å². The van der Waals surface area contributed by atoms with Crippen molar-refractivity contribution in [2.24, 2.45) is 0 Å². The molecule has 10 heteroatoms. The number of anilines is 1. The van der Waals surface area contributed by atoms with Gasteiger partial charge in [-0.2, -0.15) is 9.97 Å². The Morgan fingerprint density at radius 3 is 2.61 bits per heavy atom. The van der Waals surface area contributed by atoms with Crippen LogP contribution >= 0.6 is 0 Å². The highest BCUT2D eigenvalue weighted by Gasteiger charge is 2.45. The molecule has 0 aliphatic carbocycles. The van der Waals surface area contributed by atoms with Gasteiger partial charge in [0.1, 0.15) is 29.5 Å². The van der Waals surface area contributed by atoms with E-state index in [4.69, 9.17) is 26.1 Å². The summed E-state index contributed by atoms with van der Waals surface area (Å²) in [5, 5.41) is 5.34. The van der Waals surface area contributed by atoms with E-state index in [1.165, 1.54) is 6.07 Å². The van der Waals surface area contributed by atoms with Crippen LogP contribution in [-0.2, 0) is 0 Å². The maximum absolute atomic E-state index is 17.0. The molecule has 2 aromatic carbocycles. The first-order valence-electron chi connectivity index (χ1n) is 16.4. The minimum Gasteiger partial charge on any atom is -0.461 e. The molecular formula is C36H43F3N6O. The molecule has 1 N–H and O–H groups in total. The van der Waals surface area contributed by atoms with Gasteiger partial charge >= 0.3 is 6.01 Å². The number of rotatable bonds is 4. The summed E-state index contributed by atoms with van der Waals surface area (Å²) in [6, 6.07) is 8.81. The number of pyridine rings is 1. The number of nitrogens with one attached hydrogen (secondary N) is 1. The van der Waals surface area contributed by atoms with Crippen molar-refractivity contribution in [3.8, 4) is 29.6 Å². The third-order valence-corrected chi connectivity index (χ3v) is 10.2. The summed E-state index contributed by atoms with van der Waals surface area (Å²) in [6.45, 7) is 11.2. The molecule has 0 amide bonds. The number of piperazine rings is 1. The Kier molecular flexibility index (Phi) is 8.83. The van der Waals surface area contributed by atoms with Gasteiger partial charge in [-0.3, -0.25) is 9.60 Å². The van der Waals surface area contributed by atoms with E-state index in [2.05, 4.69) is 28.0 Å². The lowest BCUT2D eigenvalue weighted by Gasteiger charge is -2.37. The maximum atomic E-state index is 17.0. The fourth-order valence-corrected chi connectivity index (χ4v) is 8.09. The molecule has 4 aliphatic rings. The van der Waals surface area contributed by atoms with E-state index in [9.17, 15) is 4.39 Å². The molecule has 4 aliphatic heterocycles. The molecule has 8 rings (SSSR count). The fourth-order valence-electron chi connectivity index (χ4n) is 8.09. The third kappa shape index (κ3) is 5.05. The monoisotopic (exact) mass is 632 g/mol. The summed E-state index contributed by atoms with van der Waals surface area (Å²) in [7, 11) is 0. The fraction of sp³-hybridized carbons (Fsp3) is 0.472. The first-order chi connectivity index (χ1) is 22.0. The van der Waals surface area contributed by atoms with Crippen molar-refractivity contribution in [3.63, 3.8) is 0 Å². The predicted molar refractivity (Wildman–Crippen MR) is 179 cm³/mol. The molecule has 2 atom stereocenters. The molecular weight excluding hydrogens is 589 g/mol. The SMILES string of the molecule is C#Cc1c(F)ccc2cccc(-c3nc4c5c(nc(OCC67CCCN6CCC7)nc5c3F)N3CCNC[C@H]3C[C@H]4C)c12.CC.F.[HH]. The van der Waals surface area contributed by atoms with E-state index < -0.39 is 11.6 Å². The van der Waals surface area contributed by atoms with Crippen molar-refractivity contribution >= 4 is 27.5 Å². The lowest BCUT2D eigenvalue weighted by Crippen LogP contribution is -2.51. The van der Waals surface area contributed by atoms with Crippen LogP contribution in [0.25, 0.3) is 32.9 Å². The van der Waals surface area contributed by atoms with E-state index in [0.29, 0.717) is 28.8 Å². The molecule has 6 heterocycles. The van der Waals surface area contributed by atoms with Crippen molar-refractivity contribution in [2.45, 2.75) is 70.4 Å². The summed E-state index contributed by atoms with van der Waals surface area (Å²) >= 11 is 0. The number of hydrogen-bond acceptors (Lipinski definition) is 7. The van der Waals surface area contributed by atoms with Crippen LogP contribution in [0.4, 0.5) is 19.3 Å². The van der Waals surface area contributed by atoms with Gasteiger partial charge in [0.25, 0.3) is 0 Å². The number of nitrogens with zero attached hydrogens (tertiary/aromatic N) is 5. The van der Waals surface area contributed by atoms with Gasteiger partial charge in [0.15, 0.2) is 5.82 Å². The Labute approximate surface area is 269 Å². The second-order valence-electron chi connectivity index (χ2n) is 12.6. The van der Waals surface area contributed by atoms with Gasteiger partial charge in [0, 0.05) is 44.0 Å². The van der Waals surface area contributed by atoms with Crippen LogP contribution in [0, 0.1) is 24.0 Å². The molecule has 4 aromatic rings. The Morgan fingerprint density at radius 2 is 1.85 bits per heavy atom. The second kappa shape index (κ2) is 12.7. The van der Waals surface area contributed by atoms with Gasteiger partial charge in [-0.25, -0.2) is 13.8 Å². The zero-order chi connectivity index (χ0) is 31.3. The van der Waals surface area contributed by atoms with Crippen molar-refractivity contribution in [1.29, 1.82) is 0 Å². The number of hydrogen-bond donors (Lipinski definition) is 1. The average molecular weight is 633 g/mol. The number of aromatic nitrogens is 3. The topological polar surface area (TPSA) is 66.4 Å². The van der Waals surface area contributed by atoms with Gasteiger partial charge in [0.05, 0.1) is 22.2 Å². The molecule has 244 valence electrons. The minimum absolute atomic E-state index is 0. The van der Waals surface area contributed by atoms with Crippen LogP contribution in [-0.4, -0.2) is 70.8 Å². The largest absolute Gasteiger partial charge is 0.461 e. The zero-order valence-electron chi connectivity index (χ0n) is 26.7. The molecule has 0 spiro atoms. The molecule has 3 fully saturated rings. The quantitative estimate of drug-likeness (QED) is 0.248. The Hall–Kier alpha value is -3.94. The first-order valence-corrected chi connectivity index (χ1v) is 16.4. The van der Waals surface area contributed by atoms with Crippen LogP contribution in [0.3, 0.4) is 0 Å². The zero-order valence-corrected chi connectivity index (χ0v) is 26.7. The highest BCUT2D eigenvalue weighted by Crippen LogP contribution is 2.44. The molecule has 2 aromatic heterocycles. The Morgan fingerprint density at radius 1 is 1.07 bits per heavy atom. The van der Waals surface area contributed by atoms with Gasteiger partial charge in [-0.05, 0) is 56.6 Å². The number of terminal acetylenes is 1. The number of ether oxygens (including phenoxy) is 1. The van der Waals surface area contributed by atoms with E-state index in [1.807, 2.05) is 26.0 Å². The molecule has 0 unspecified atom stereocenters. The van der Waals surface area contributed by atoms with Gasteiger partial charge < -0.3 is 15.0 Å². The summed E-state index contributed by atoms with van der Waals surface area (Å²) < 4.78 is 38.3. The minimum atomic E-state index is -0.575. The number of benzene rings is 2. The molecule has 7 nitrogen and oxygen atoms in total. The summed E-state index contributed by atoms with van der Waals surface area (Å²) in [5.74, 6) is 2.09. The third-order valence-electron chi connectivity index (χ3n) is 10.2. The Bertz CT molecular complexity index is 1820. The highest BCUT2D eigenvalue weighted by molar-refractivity contribution is 6.03. The van der Waals surface area contributed by atoms with E-state index in [1.54, 1.807) is 12.1 Å². The molecule has 0 radical (unpaired) electrons. The smallest absolute Gasteiger partial charge is 0.319 e. The van der Waals surface area contributed by atoms with Crippen LogP contribution in [0.2, 0.25) is 0 Å². The highest BCUT2D eigenvalue weighted by atomic mass is 19.1. The van der Waals surface area contributed by atoms with Gasteiger partial charge in [-0.1, -0.05) is 51.0 Å². The van der Waals surface area contributed by atoms with E-state index >= 15 is 4.39 Å². The van der Waals surface area contributed by atoms with Gasteiger partial charge in [0.2, 0.25) is 0 Å². The Balaban J connectivity index is 0.00000106. The average Bonchev–Trinajstić information content (AvgIpc) is 3.62. The summed E-state index contributed by atoms with van der Waals surface area (Å²) in [5.41, 5.74) is 1.60. The van der Waals surface area contributed by atoms with Crippen molar-refractivity contribution in [2.75, 3.05) is 44.2 Å². The van der Waals surface area contributed by atoms with Crippen LogP contribution in [0.1, 0.15) is 71.5 Å². The van der Waals surface area contributed by atoms with Crippen LogP contribution in [0.15, 0.2) is 30.3 Å². The number of halogens is 3. The summed E-state index contributed by atoms with van der Waals surface area (Å²) in [6.07, 6.45) is 11.1. The standard InChI is InChI=1S/C34H34F2N6O.C2H6.FH.H2/c1-3-23-25(35)10-9-21-7-4-8-24(26(21)23)30-28(36)31-27-29(38-30)20(2)17-22-18-37-13-16-42(22)32(27)40-33(39-31)43-19-34-11-5-14-41(34)15-6-12-34;1-2;;/h1,4,7-10,20,22,37H,5-6,11-19H2,2H3;1-2H3;2*1H/t20-,22-;;;/m1.../s1. The van der Waals surface area contributed by atoms with Crippen molar-refractivity contribution in [1.82, 2.24) is 25.2 Å². The summed E-state index contributed by atoms with van der Waals surface area (Å²) in [4.78, 5) is 19.5. The van der Waals surface area contributed by atoms with Crippen LogP contribution in [0.5, 0.6) is 6.01 Å². The van der Waals surface area contributed by atoms with Gasteiger partial charge in [-0.15, -0.1) is 6.42 Å². The molecule has 46 heavy (non-hydrogen) atoms. The normalized spacial score (nSPS) is 21.4. The number of fused-ring (bicyclic) bond motifs is 4. The molecule has 0 bridgehead atoms. The van der Waals surface area contributed by atoms with E-state index in [-0.39, 0.29) is 46.4 Å². The predicted octanol–water partition coefficient (Wildman–Crippen LogP) is 6.82.